The quantitative estimate of drug-likeness (QED) is 0.683. The molecule has 94 valence electrons. The largest absolute Gasteiger partial charge is 0.337 e. The zero-order chi connectivity index (χ0) is 12.0. The van der Waals surface area contributed by atoms with Gasteiger partial charge < -0.3 is 16.4 Å². The van der Waals surface area contributed by atoms with Crippen LogP contribution in [0, 0.1) is 5.92 Å². The first-order valence-electron chi connectivity index (χ1n) is 6.39. The van der Waals surface area contributed by atoms with Gasteiger partial charge in [0.1, 0.15) is 0 Å². The van der Waals surface area contributed by atoms with Crippen LogP contribution in [-0.4, -0.2) is 24.7 Å². The van der Waals surface area contributed by atoms with Crippen molar-refractivity contribution in [2.75, 3.05) is 6.54 Å². The van der Waals surface area contributed by atoms with Crippen LogP contribution in [0.4, 0.5) is 4.79 Å². The predicted octanol–water partition coefficient (Wildman–Crippen LogP) is 1.60. The Bertz CT molecular complexity index is 212. The summed E-state index contributed by atoms with van der Waals surface area (Å²) in [6, 6.07) is 0.337. The number of urea groups is 1. The predicted molar refractivity (Wildman–Crippen MR) is 66.2 cm³/mol. The van der Waals surface area contributed by atoms with Crippen LogP contribution in [0.15, 0.2) is 0 Å². The van der Waals surface area contributed by atoms with E-state index in [0.717, 1.165) is 12.8 Å². The van der Waals surface area contributed by atoms with E-state index in [2.05, 4.69) is 24.5 Å². The summed E-state index contributed by atoms with van der Waals surface area (Å²) in [4.78, 5) is 11.6. The second kappa shape index (κ2) is 6.74. The maximum Gasteiger partial charge on any atom is 0.315 e. The van der Waals surface area contributed by atoms with Crippen molar-refractivity contribution < 1.29 is 4.79 Å². The lowest BCUT2D eigenvalue weighted by molar-refractivity contribution is 0.231. The number of carbonyl (C=O) groups excluding carboxylic acids is 1. The number of hydrogen-bond acceptors (Lipinski definition) is 2. The maximum absolute atomic E-state index is 11.6. The minimum atomic E-state index is -0.0667. The molecule has 4 nitrogen and oxygen atoms in total. The summed E-state index contributed by atoms with van der Waals surface area (Å²) in [6.45, 7) is 4.67. The Labute approximate surface area is 98.3 Å². The molecule has 0 aliphatic heterocycles. The minimum absolute atomic E-state index is 0.0390. The van der Waals surface area contributed by atoms with Gasteiger partial charge in [-0.05, 0) is 18.8 Å². The van der Waals surface area contributed by atoms with E-state index in [1.165, 1.54) is 19.3 Å². The molecule has 0 bridgehead atoms. The molecule has 0 heterocycles. The van der Waals surface area contributed by atoms with Crippen molar-refractivity contribution in [3.05, 3.63) is 0 Å². The molecule has 1 aliphatic carbocycles. The van der Waals surface area contributed by atoms with Gasteiger partial charge in [-0.3, -0.25) is 0 Å². The van der Waals surface area contributed by atoms with E-state index in [-0.39, 0.29) is 12.1 Å². The summed E-state index contributed by atoms with van der Waals surface area (Å²) in [7, 11) is 0. The van der Waals surface area contributed by atoms with Crippen molar-refractivity contribution in [2.45, 2.75) is 58.0 Å². The lowest BCUT2D eigenvalue weighted by atomic mass is 9.96. The van der Waals surface area contributed by atoms with Crippen molar-refractivity contribution in [1.29, 1.82) is 0 Å². The second-order valence-corrected chi connectivity index (χ2v) is 5.10. The summed E-state index contributed by atoms with van der Waals surface area (Å²) in [5, 5.41) is 5.84. The minimum Gasteiger partial charge on any atom is -0.337 e. The van der Waals surface area contributed by atoms with Crippen LogP contribution in [0.1, 0.15) is 46.0 Å². The zero-order valence-electron chi connectivity index (χ0n) is 10.5. The van der Waals surface area contributed by atoms with Gasteiger partial charge in [-0.2, -0.15) is 0 Å². The van der Waals surface area contributed by atoms with Gasteiger partial charge in [0.2, 0.25) is 0 Å². The van der Waals surface area contributed by atoms with E-state index in [1.807, 2.05) is 0 Å². The normalized spacial score (nSPS) is 19.5. The average Bonchev–Trinajstić information content (AvgIpc) is 2.27. The molecular weight excluding hydrogens is 202 g/mol. The summed E-state index contributed by atoms with van der Waals surface area (Å²) in [5.74, 6) is 0.398. The Balaban J connectivity index is 2.14. The van der Waals surface area contributed by atoms with E-state index in [9.17, 15) is 4.79 Å². The van der Waals surface area contributed by atoms with Gasteiger partial charge >= 0.3 is 6.03 Å². The SMILES string of the molecule is CC(C)C(N)CNC(=O)NC1CCCCC1. The monoisotopic (exact) mass is 227 g/mol. The number of rotatable bonds is 4. The molecule has 4 N–H and O–H groups in total. The van der Waals surface area contributed by atoms with E-state index in [4.69, 9.17) is 5.73 Å². The van der Waals surface area contributed by atoms with Gasteiger partial charge in [-0.25, -0.2) is 4.79 Å². The van der Waals surface area contributed by atoms with Gasteiger partial charge in [-0.15, -0.1) is 0 Å². The molecule has 0 aromatic rings. The lowest BCUT2D eigenvalue weighted by Gasteiger charge is -2.23. The van der Waals surface area contributed by atoms with Crippen LogP contribution < -0.4 is 16.4 Å². The Morgan fingerprint density at radius 2 is 1.94 bits per heavy atom. The van der Waals surface area contributed by atoms with E-state index < -0.39 is 0 Å². The number of nitrogens with one attached hydrogen (secondary N) is 2. The first kappa shape index (κ1) is 13.3. The number of carbonyl (C=O) groups is 1. The number of hydrogen-bond donors (Lipinski definition) is 3. The standard InChI is InChI=1S/C12H25N3O/c1-9(2)11(13)8-14-12(16)15-10-6-4-3-5-7-10/h9-11H,3-8,13H2,1-2H3,(H2,14,15,16). The van der Waals surface area contributed by atoms with Crippen molar-refractivity contribution in [1.82, 2.24) is 10.6 Å². The third-order valence-corrected chi connectivity index (χ3v) is 3.30. The van der Waals surface area contributed by atoms with Gasteiger partial charge in [0, 0.05) is 18.6 Å². The Morgan fingerprint density at radius 3 is 2.50 bits per heavy atom. The molecule has 4 heteroatoms. The molecule has 1 aliphatic rings. The van der Waals surface area contributed by atoms with Crippen LogP contribution in [-0.2, 0) is 0 Å². The molecule has 0 aromatic carbocycles. The van der Waals surface area contributed by atoms with Crippen LogP contribution in [0.3, 0.4) is 0 Å². The smallest absolute Gasteiger partial charge is 0.315 e. The molecule has 2 amide bonds. The molecule has 1 fully saturated rings. The Morgan fingerprint density at radius 1 is 1.31 bits per heavy atom. The van der Waals surface area contributed by atoms with Crippen LogP contribution in [0.5, 0.6) is 0 Å². The van der Waals surface area contributed by atoms with Gasteiger partial charge in [0.15, 0.2) is 0 Å². The van der Waals surface area contributed by atoms with Gasteiger partial charge in [0.25, 0.3) is 0 Å². The fourth-order valence-electron chi connectivity index (χ4n) is 1.93. The first-order valence-corrected chi connectivity index (χ1v) is 6.39. The van der Waals surface area contributed by atoms with Crippen molar-refractivity contribution in [3.63, 3.8) is 0 Å². The Hall–Kier alpha value is -0.770. The van der Waals surface area contributed by atoms with Crippen LogP contribution in [0.25, 0.3) is 0 Å². The average molecular weight is 227 g/mol. The van der Waals surface area contributed by atoms with Crippen molar-refractivity contribution in [3.8, 4) is 0 Å². The topological polar surface area (TPSA) is 67.1 Å². The van der Waals surface area contributed by atoms with Crippen molar-refractivity contribution >= 4 is 6.03 Å². The zero-order valence-corrected chi connectivity index (χ0v) is 10.5. The summed E-state index contributed by atoms with van der Waals surface area (Å²) < 4.78 is 0. The molecule has 1 saturated carbocycles. The highest BCUT2D eigenvalue weighted by Gasteiger charge is 2.16. The third kappa shape index (κ3) is 4.84. The summed E-state index contributed by atoms with van der Waals surface area (Å²) >= 11 is 0. The van der Waals surface area contributed by atoms with Gasteiger partial charge in [0.05, 0.1) is 0 Å². The molecule has 0 saturated heterocycles. The Kier molecular flexibility index (Phi) is 5.60. The molecule has 1 rings (SSSR count). The fraction of sp³-hybridized carbons (Fsp3) is 0.917. The highest BCUT2D eigenvalue weighted by atomic mass is 16.2. The highest BCUT2D eigenvalue weighted by molar-refractivity contribution is 5.74. The van der Waals surface area contributed by atoms with Crippen molar-refractivity contribution in [2.24, 2.45) is 11.7 Å². The molecule has 0 aromatic heterocycles. The van der Waals surface area contributed by atoms with E-state index >= 15 is 0 Å². The third-order valence-electron chi connectivity index (χ3n) is 3.30. The highest BCUT2D eigenvalue weighted by Crippen LogP contribution is 2.17. The first-order chi connectivity index (χ1) is 7.59. The molecular formula is C12H25N3O. The van der Waals surface area contributed by atoms with E-state index in [0.29, 0.717) is 18.5 Å². The molecule has 1 unspecified atom stereocenters. The second-order valence-electron chi connectivity index (χ2n) is 5.10. The van der Waals surface area contributed by atoms with Gasteiger partial charge in [-0.1, -0.05) is 33.1 Å². The summed E-state index contributed by atoms with van der Waals surface area (Å²) in [6.07, 6.45) is 6.00. The molecule has 1 atom stereocenters. The maximum atomic E-state index is 11.6. The fourth-order valence-corrected chi connectivity index (χ4v) is 1.93. The van der Waals surface area contributed by atoms with E-state index in [1.54, 1.807) is 0 Å². The molecule has 0 spiro atoms. The number of nitrogens with two attached hydrogens (primary N) is 1. The molecule has 0 radical (unpaired) electrons. The van der Waals surface area contributed by atoms with Crippen LogP contribution in [0.2, 0.25) is 0 Å². The van der Waals surface area contributed by atoms with Crippen LogP contribution >= 0.6 is 0 Å². The summed E-state index contributed by atoms with van der Waals surface area (Å²) in [5.41, 5.74) is 5.86. The number of amides is 2. The lowest BCUT2D eigenvalue weighted by Crippen LogP contribution is -2.47. The molecule has 16 heavy (non-hydrogen) atoms.